The number of carbonyl (C=O) groups excluding carboxylic acids is 1. The van der Waals surface area contributed by atoms with Gasteiger partial charge in [-0.2, -0.15) is 10.3 Å². The van der Waals surface area contributed by atoms with Gasteiger partial charge in [-0.05, 0) is 34.5 Å². The van der Waals surface area contributed by atoms with Crippen molar-refractivity contribution in [2.75, 3.05) is 4.90 Å². The number of anilines is 1. The lowest BCUT2D eigenvalue weighted by Crippen LogP contribution is -2.29. The Kier molecular flexibility index (Phi) is 4.92. The molecule has 4 rings (SSSR count). The molecule has 8 nitrogen and oxygen atoms in total. The Hall–Kier alpha value is -3.81. The lowest BCUT2D eigenvalue weighted by atomic mass is 10.1. The number of aromatic amines is 2. The zero-order valence-corrected chi connectivity index (χ0v) is 15.3. The number of amides is 1. The third-order valence-corrected chi connectivity index (χ3v) is 4.47. The minimum absolute atomic E-state index is 0.0444. The average molecular weight is 373 g/mol. The van der Waals surface area contributed by atoms with Crippen molar-refractivity contribution < 1.29 is 4.79 Å². The first-order chi connectivity index (χ1) is 13.7. The van der Waals surface area contributed by atoms with Gasteiger partial charge in [-0.3, -0.25) is 9.89 Å². The van der Waals surface area contributed by atoms with E-state index in [2.05, 4.69) is 30.8 Å². The van der Waals surface area contributed by atoms with Crippen molar-refractivity contribution in [2.24, 2.45) is 0 Å². The molecule has 0 aliphatic rings. The molecule has 0 bridgehead atoms. The molecule has 2 N–H and O–H groups in total. The fraction of sp³-hybridized carbons (Fsp3) is 0.150. The molecule has 28 heavy (non-hydrogen) atoms. The van der Waals surface area contributed by atoms with Crippen molar-refractivity contribution in [3.8, 4) is 22.6 Å². The number of nitrogens with one attached hydrogen (secondary N) is 2. The second-order valence-corrected chi connectivity index (χ2v) is 6.29. The molecule has 0 unspecified atom stereocenters. The molecule has 1 amide bonds. The van der Waals surface area contributed by atoms with Gasteiger partial charge in [-0.25, -0.2) is 0 Å². The van der Waals surface area contributed by atoms with E-state index in [0.717, 1.165) is 28.1 Å². The van der Waals surface area contributed by atoms with Crippen molar-refractivity contribution in [1.29, 1.82) is 0 Å². The molecular formula is C20H19N7O. The maximum absolute atomic E-state index is 12.6. The Labute approximate surface area is 161 Å². The molecule has 2 heterocycles. The summed E-state index contributed by atoms with van der Waals surface area (Å²) in [5.74, 6) is 0.539. The van der Waals surface area contributed by atoms with Crippen LogP contribution in [-0.4, -0.2) is 36.7 Å². The maximum Gasteiger partial charge on any atom is 0.227 e. The molecule has 0 saturated carbocycles. The van der Waals surface area contributed by atoms with E-state index in [9.17, 15) is 4.79 Å². The van der Waals surface area contributed by atoms with E-state index < -0.39 is 0 Å². The number of rotatable bonds is 6. The van der Waals surface area contributed by atoms with Crippen LogP contribution >= 0.6 is 0 Å². The maximum atomic E-state index is 12.6. The summed E-state index contributed by atoms with van der Waals surface area (Å²) in [7, 11) is 0. The number of nitrogens with zero attached hydrogens (tertiary/aromatic N) is 5. The summed E-state index contributed by atoms with van der Waals surface area (Å²) in [4.78, 5) is 14.4. The number of H-pyrrole nitrogens is 2. The second kappa shape index (κ2) is 7.83. The Morgan fingerprint density at radius 3 is 2.61 bits per heavy atom. The van der Waals surface area contributed by atoms with Crippen LogP contribution in [0.3, 0.4) is 0 Å². The van der Waals surface area contributed by atoms with Crippen LogP contribution in [-0.2, 0) is 11.3 Å². The molecule has 0 saturated heterocycles. The smallest absolute Gasteiger partial charge is 0.227 e. The highest BCUT2D eigenvalue weighted by atomic mass is 16.2. The van der Waals surface area contributed by atoms with Crippen LogP contribution < -0.4 is 4.90 Å². The number of carbonyl (C=O) groups is 1. The first-order valence-corrected chi connectivity index (χ1v) is 8.97. The van der Waals surface area contributed by atoms with Gasteiger partial charge in [0.15, 0.2) is 0 Å². The molecule has 4 aromatic rings. The molecule has 0 aliphatic carbocycles. The highest BCUT2D eigenvalue weighted by Gasteiger charge is 2.16. The van der Waals surface area contributed by atoms with E-state index in [1.807, 2.05) is 61.5 Å². The van der Waals surface area contributed by atoms with Gasteiger partial charge in [0.25, 0.3) is 0 Å². The third kappa shape index (κ3) is 3.66. The normalized spacial score (nSPS) is 10.8. The Morgan fingerprint density at radius 1 is 1.07 bits per heavy atom. The van der Waals surface area contributed by atoms with Crippen LogP contribution in [0.5, 0.6) is 0 Å². The second-order valence-electron chi connectivity index (χ2n) is 6.29. The third-order valence-electron chi connectivity index (χ3n) is 4.47. The zero-order chi connectivity index (χ0) is 19.3. The van der Waals surface area contributed by atoms with Gasteiger partial charge in [0, 0.05) is 23.9 Å². The number of hydrogen-bond donors (Lipinski definition) is 2. The van der Waals surface area contributed by atoms with Gasteiger partial charge in [-0.1, -0.05) is 43.3 Å². The molecule has 0 atom stereocenters. The van der Waals surface area contributed by atoms with Gasteiger partial charge >= 0.3 is 0 Å². The highest BCUT2D eigenvalue weighted by molar-refractivity contribution is 5.93. The van der Waals surface area contributed by atoms with Gasteiger partial charge < -0.3 is 4.90 Å². The number of hydrogen-bond acceptors (Lipinski definition) is 5. The predicted octanol–water partition coefficient (Wildman–Crippen LogP) is 3.20. The molecular weight excluding hydrogens is 354 g/mol. The number of tetrazole rings is 1. The van der Waals surface area contributed by atoms with E-state index >= 15 is 0 Å². The highest BCUT2D eigenvalue weighted by Crippen LogP contribution is 2.25. The first kappa shape index (κ1) is 17.6. The molecule has 8 heteroatoms. The van der Waals surface area contributed by atoms with E-state index in [0.29, 0.717) is 18.8 Å². The van der Waals surface area contributed by atoms with Gasteiger partial charge in [0.2, 0.25) is 11.7 Å². The predicted molar refractivity (Wildman–Crippen MR) is 105 cm³/mol. The van der Waals surface area contributed by atoms with Crippen LogP contribution in [0.25, 0.3) is 22.6 Å². The molecule has 0 radical (unpaired) electrons. The fourth-order valence-corrected chi connectivity index (χ4v) is 3.00. The number of aromatic nitrogens is 6. The summed E-state index contributed by atoms with van der Waals surface area (Å²) in [5, 5.41) is 21.0. The van der Waals surface area contributed by atoms with Crippen molar-refractivity contribution in [3.63, 3.8) is 0 Å². The number of benzene rings is 2. The molecule has 140 valence electrons. The monoisotopic (exact) mass is 373 g/mol. The van der Waals surface area contributed by atoms with Gasteiger partial charge in [0.1, 0.15) is 0 Å². The summed E-state index contributed by atoms with van der Waals surface area (Å²) >= 11 is 0. The van der Waals surface area contributed by atoms with E-state index in [4.69, 9.17) is 0 Å². The summed E-state index contributed by atoms with van der Waals surface area (Å²) in [6, 6.07) is 17.6. The Morgan fingerprint density at radius 2 is 1.93 bits per heavy atom. The van der Waals surface area contributed by atoms with Gasteiger partial charge in [-0.15, -0.1) is 10.2 Å². The molecule has 2 aromatic carbocycles. The largest absolute Gasteiger partial charge is 0.308 e. The SMILES string of the molecule is CCC(=O)N(Cc1ccc(-c2ccn[nH]2)cc1)c1cccc(-c2nn[nH]n2)c1. The summed E-state index contributed by atoms with van der Waals surface area (Å²) in [6.07, 6.45) is 2.14. The van der Waals surface area contributed by atoms with Gasteiger partial charge in [0.05, 0.1) is 12.2 Å². The Balaban J connectivity index is 1.60. The van der Waals surface area contributed by atoms with Crippen LogP contribution in [0.4, 0.5) is 5.69 Å². The van der Waals surface area contributed by atoms with Crippen molar-refractivity contribution in [2.45, 2.75) is 19.9 Å². The quantitative estimate of drug-likeness (QED) is 0.540. The lowest BCUT2D eigenvalue weighted by molar-refractivity contribution is -0.118. The van der Waals surface area contributed by atoms with Crippen LogP contribution in [0, 0.1) is 0 Å². The van der Waals surface area contributed by atoms with Crippen LogP contribution in [0.1, 0.15) is 18.9 Å². The van der Waals surface area contributed by atoms with E-state index in [1.54, 1.807) is 11.1 Å². The molecule has 0 fully saturated rings. The fourth-order valence-electron chi connectivity index (χ4n) is 3.00. The Bertz CT molecular complexity index is 1040. The van der Waals surface area contributed by atoms with Crippen molar-refractivity contribution >= 4 is 11.6 Å². The van der Waals surface area contributed by atoms with Crippen molar-refractivity contribution in [3.05, 3.63) is 66.4 Å². The molecule has 0 aliphatic heterocycles. The zero-order valence-electron chi connectivity index (χ0n) is 15.3. The van der Waals surface area contributed by atoms with E-state index in [1.165, 1.54) is 0 Å². The van der Waals surface area contributed by atoms with Crippen LogP contribution in [0.15, 0.2) is 60.8 Å². The van der Waals surface area contributed by atoms with Crippen molar-refractivity contribution in [1.82, 2.24) is 30.8 Å². The first-order valence-electron chi connectivity index (χ1n) is 8.97. The lowest BCUT2D eigenvalue weighted by Gasteiger charge is -2.23. The standard InChI is InChI=1S/C20H19N7O/c1-2-19(28)27(17-5-3-4-16(12-17)20-23-25-26-24-20)13-14-6-8-15(9-7-14)18-10-11-21-22-18/h3-12H,2,13H2,1H3,(H,21,22)(H,23,24,25,26). The topological polar surface area (TPSA) is 103 Å². The van der Waals surface area contributed by atoms with E-state index in [-0.39, 0.29) is 5.91 Å². The molecule has 0 spiro atoms. The molecule has 2 aromatic heterocycles. The summed E-state index contributed by atoms with van der Waals surface area (Å²) in [5.41, 5.74) is 4.64. The minimum atomic E-state index is 0.0444. The summed E-state index contributed by atoms with van der Waals surface area (Å²) < 4.78 is 0. The minimum Gasteiger partial charge on any atom is -0.308 e. The van der Waals surface area contributed by atoms with Crippen LogP contribution in [0.2, 0.25) is 0 Å². The average Bonchev–Trinajstić information content (AvgIpc) is 3.46. The summed E-state index contributed by atoms with van der Waals surface area (Å²) in [6.45, 7) is 2.34.